The summed E-state index contributed by atoms with van der Waals surface area (Å²) in [5.74, 6) is -1.01. The monoisotopic (exact) mass is 349 g/mol. The predicted octanol–water partition coefficient (Wildman–Crippen LogP) is 3.77. The zero-order valence-corrected chi connectivity index (χ0v) is 12.4. The molecule has 0 aliphatic heterocycles. The second-order valence-corrected chi connectivity index (χ2v) is 5.20. The van der Waals surface area contributed by atoms with Crippen molar-refractivity contribution in [1.82, 2.24) is 0 Å². The van der Waals surface area contributed by atoms with Crippen LogP contribution in [0, 0.1) is 0 Å². The van der Waals surface area contributed by atoms with E-state index in [9.17, 15) is 27.9 Å². The van der Waals surface area contributed by atoms with Crippen molar-refractivity contribution < 1.29 is 27.5 Å². The van der Waals surface area contributed by atoms with Gasteiger partial charge in [-0.2, -0.15) is 13.2 Å². The first-order valence-electron chi connectivity index (χ1n) is 6.99. The Bertz CT molecular complexity index is 1020. The molecule has 3 rings (SSSR count). The summed E-state index contributed by atoms with van der Waals surface area (Å²) in [4.78, 5) is 24.1. The highest BCUT2D eigenvalue weighted by Gasteiger charge is 2.30. The molecule has 0 spiro atoms. The van der Waals surface area contributed by atoms with Gasteiger partial charge in [-0.25, -0.2) is 4.79 Å². The van der Waals surface area contributed by atoms with Crippen LogP contribution < -0.4 is 10.9 Å². The van der Waals surface area contributed by atoms with Crippen LogP contribution in [0.1, 0.15) is 15.9 Å². The van der Waals surface area contributed by atoms with Gasteiger partial charge in [0.2, 0.25) is 0 Å². The molecule has 25 heavy (non-hydrogen) atoms. The van der Waals surface area contributed by atoms with Gasteiger partial charge < -0.3 is 14.8 Å². The van der Waals surface area contributed by atoms with Gasteiger partial charge in [0.15, 0.2) is 0 Å². The van der Waals surface area contributed by atoms with Gasteiger partial charge in [0, 0.05) is 17.1 Å². The van der Waals surface area contributed by atoms with E-state index in [-0.39, 0.29) is 22.6 Å². The molecule has 0 aliphatic rings. The van der Waals surface area contributed by atoms with Crippen LogP contribution in [0.15, 0.2) is 57.7 Å². The number of fused-ring (bicyclic) bond motifs is 1. The average Bonchev–Trinajstić information content (AvgIpc) is 2.53. The fraction of sp³-hybridized carbons (Fsp3) is 0.0588. The highest BCUT2D eigenvalue weighted by molar-refractivity contribution is 6.05. The van der Waals surface area contributed by atoms with Crippen LogP contribution in [0.25, 0.3) is 11.0 Å². The molecule has 0 aliphatic carbocycles. The number of phenols is 1. The molecule has 5 nitrogen and oxygen atoms in total. The zero-order chi connectivity index (χ0) is 18.2. The Hall–Kier alpha value is -3.29. The molecule has 8 heteroatoms. The molecule has 0 atom stereocenters. The third-order valence-electron chi connectivity index (χ3n) is 3.41. The van der Waals surface area contributed by atoms with E-state index in [1.54, 1.807) is 0 Å². The third-order valence-corrected chi connectivity index (χ3v) is 3.41. The second-order valence-electron chi connectivity index (χ2n) is 5.20. The van der Waals surface area contributed by atoms with Gasteiger partial charge in [0.05, 0.1) is 5.56 Å². The van der Waals surface area contributed by atoms with Gasteiger partial charge in [-0.15, -0.1) is 0 Å². The molecule has 0 unspecified atom stereocenters. The van der Waals surface area contributed by atoms with E-state index >= 15 is 0 Å². The number of nitrogens with one attached hydrogen (secondary N) is 1. The number of carbonyl (C=O) groups is 1. The number of phenolic OH excluding ortho intramolecular Hbond substituents is 1. The SMILES string of the molecule is O=C(Nc1cccc(C(F)(F)F)c1)c1cc2ccc(O)cc2oc1=O. The number of amides is 1. The van der Waals surface area contributed by atoms with Crippen LogP contribution in [-0.4, -0.2) is 11.0 Å². The smallest absolute Gasteiger partial charge is 0.416 e. The van der Waals surface area contributed by atoms with Crippen LogP contribution in [0.2, 0.25) is 0 Å². The van der Waals surface area contributed by atoms with Crippen molar-refractivity contribution in [3.05, 3.63) is 70.1 Å². The zero-order valence-electron chi connectivity index (χ0n) is 12.4. The summed E-state index contributed by atoms with van der Waals surface area (Å²) in [5, 5.41) is 12.0. The summed E-state index contributed by atoms with van der Waals surface area (Å²) < 4.78 is 43.1. The minimum absolute atomic E-state index is 0.0839. The molecule has 2 N–H and O–H groups in total. The maximum Gasteiger partial charge on any atom is 0.416 e. The largest absolute Gasteiger partial charge is 0.508 e. The first-order valence-corrected chi connectivity index (χ1v) is 6.99. The summed E-state index contributed by atoms with van der Waals surface area (Å²) in [6, 6.07) is 9.28. The van der Waals surface area contributed by atoms with E-state index in [1.807, 2.05) is 0 Å². The van der Waals surface area contributed by atoms with Crippen molar-refractivity contribution in [3.8, 4) is 5.75 Å². The number of hydrogen-bond acceptors (Lipinski definition) is 4. The van der Waals surface area contributed by atoms with Crippen LogP contribution in [0.4, 0.5) is 18.9 Å². The number of benzene rings is 2. The first kappa shape index (κ1) is 16.6. The van der Waals surface area contributed by atoms with E-state index in [0.717, 1.165) is 18.2 Å². The van der Waals surface area contributed by atoms with Crippen molar-refractivity contribution in [2.45, 2.75) is 6.18 Å². The average molecular weight is 349 g/mol. The predicted molar refractivity (Wildman–Crippen MR) is 83.5 cm³/mol. The molecule has 1 heterocycles. The van der Waals surface area contributed by atoms with Gasteiger partial charge in [0.1, 0.15) is 16.9 Å². The van der Waals surface area contributed by atoms with Crippen molar-refractivity contribution in [1.29, 1.82) is 0 Å². The molecule has 1 amide bonds. The summed E-state index contributed by atoms with van der Waals surface area (Å²) >= 11 is 0. The Balaban J connectivity index is 1.94. The lowest BCUT2D eigenvalue weighted by Crippen LogP contribution is -2.21. The Morgan fingerprint density at radius 3 is 2.56 bits per heavy atom. The molecule has 128 valence electrons. The van der Waals surface area contributed by atoms with E-state index < -0.39 is 23.3 Å². The number of hydrogen-bond donors (Lipinski definition) is 2. The lowest BCUT2D eigenvalue weighted by molar-refractivity contribution is -0.137. The molecule has 2 aromatic carbocycles. The van der Waals surface area contributed by atoms with Crippen LogP contribution in [-0.2, 0) is 6.18 Å². The van der Waals surface area contributed by atoms with E-state index in [0.29, 0.717) is 5.39 Å². The maximum absolute atomic E-state index is 12.7. The highest BCUT2D eigenvalue weighted by Crippen LogP contribution is 2.30. The van der Waals surface area contributed by atoms with Crippen molar-refractivity contribution in [3.63, 3.8) is 0 Å². The molecule has 0 saturated heterocycles. The van der Waals surface area contributed by atoms with Crippen LogP contribution >= 0.6 is 0 Å². The molecule has 0 radical (unpaired) electrons. The van der Waals surface area contributed by atoms with E-state index in [2.05, 4.69) is 5.32 Å². The Morgan fingerprint density at radius 1 is 1.08 bits per heavy atom. The summed E-state index contributed by atoms with van der Waals surface area (Å²) in [6.45, 7) is 0. The van der Waals surface area contributed by atoms with Gasteiger partial charge in [0.25, 0.3) is 5.91 Å². The third kappa shape index (κ3) is 3.47. The first-order chi connectivity index (χ1) is 11.7. The lowest BCUT2D eigenvalue weighted by Gasteiger charge is -2.09. The number of halogens is 3. The van der Waals surface area contributed by atoms with Crippen LogP contribution in [0.3, 0.4) is 0 Å². The van der Waals surface area contributed by atoms with E-state index in [4.69, 9.17) is 4.42 Å². The standard InChI is InChI=1S/C17H10F3NO4/c18-17(19,20)10-2-1-3-11(7-10)21-15(23)13-6-9-4-5-12(22)8-14(9)25-16(13)24/h1-8,22H,(H,21,23). The topological polar surface area (TPSA) is 79.5 Å². The molecular formula is C17H10F3NO4. The molecule has 0 bridgehead atoms. The van der Waals surface area contributed by atoms with Crippen LogP contribution in [0.5, 0.6) is 5.75 Å². The van der Waals surface area contributed by atoms with E-state index in [1.165, 1.54) is 30.3 Å². The maximum atomic E-state index is 12.7. The molecule has 0 fully saturated rings. The molecule has 3 aromatic rings. The minimum Gasteiger partial charge on any atom is -0.508 e. The fourth-order valence-electron chi connectivity index (χ4n) is 2.23. The molecular weight excluding hydrogens is 339 g/mol. The van der Waals surface area contributed by atoms with Gasteiger partial charge in [-0.1, -0.05) is 6.07 Å². The Morgan fingerprint density at radius 2 is 1.84 bits per heavy atom. The van der Waals surface area contributed by atoms with Crippen molar-refractivity contribution in [2.75, 3.05) is 5.32 Å². The summed E-state index contributed by atoms with van der Waals surface area (Å²) in [6.07, 6.45) is -4.55. The number of carbonyl (C=O) groups excluding carboxylic acids is 1. The quantitative estimate of drug-likeness (QED) is 0.690. The summed E-state index contributed by atoms with van der Waals surface area (Å²) in [7, 11) is 0. The second kappa shape index (κ2) is 5.97. The number of aromatic hydroxyl groups is 1. The fourth-order valence-corrected chi connectivity index (χ4v) is 2.23. The van der Waals surface area contributed by atoms with Gasteiger partial charge >= 0.3 is 11.8 Å². The highest BCUT2D eigenvalue weighted by atomic mass is 19.4. The normalized spacial score (nSPS) is 11.5. The van der Waals surface area contributed by atoms with Crippen molar-refractivity contribution >= 4 is 22.6 Å². The molecule has 1 aromatic heterocycles. The Kier molecular flexibility index (Phi) is 3.96. The summed E-state index contributed by atoms with van der Waals surface area (Å²) in [5.41, 5.74) is -2.28. The molecule has 0 saturated carbocycles. The Labute approximate surface area is 138 Å². The lowest BCUT2D eigenvalue weighted by atomic mass is 10.1. The number of anilines is 1. The van der Waals surface area contributed by atoms with Crippen molar-refractivity contribution in [2.24, 2.45) is 0 Å². The number of rotatable bonds is 2. The number of alkyl halides is 3. The minimum atomic E-state index is -4.55. The van der Waals surface area contributed by atoms with Gasteiger partial charge in [-0.3, -0.25) is 4.79 Å². The van der Waals surface area contributed by atoms with Gasteiger partial charge in [-0.05, 0) is 36.4 Å².